The Labute approximate surface area is 198 Å². The minimum absolute atomic E-state index is 0.115. The number of nitrogens with two attached hydrogens (primary N) is 1. The highest BCUT2D eigenvalue weighted by atomic mass is 16.5. The van der Waals surface area contributed by atoms with Crippen molar-refractivity contribution in [3.8, 4) is 22.6 Å². The van der Waals surface area contributed by atoms with Crippen molar-refractivity contribution < 1.29 is 19.0 Å². The zero-order chi connectivity index (χ0) is 23.7. The molecular weight excluding hydrogens is 434 g/mol. The van der Waals surface area contributed by atoms with Crippen molar-refractivity contribution in [3.63, 3.8) is 0 Å². The summed E-state index contributed by atoms with van der Waals surface area (Å²) in [4.78, 5) is 24.4. The van der Waals surface area contributed by atoms with Gasteiger partial charge in [-0.05, 0) is 12.0 Å². The SMILES string of the molecule is COc1cc2nc(N3CCC(C(=O)C4CNCCO4)C3)nc(N)c2c(-c2ccccc2)c1OC. The van der Waals surface area contributed by atoms with E-state index < -0.39 is 0 Å². The van der Waals surface area contributed by atoms with Crippen molar-refractivity contribution in [3.05, 3.63) is 36.4 Å². The Morgan fingerprint density at radius 3 is 2.74 bits per heavy atom. The Balaban J connectivity index is 1.52. The van der Waals surface area contributed by atoms with Gasteiger partial charge in [-0.1, -0.05) is 30.3 Å². The number of fused-ring (bicyclic) bond motifs is 1. The maximum Gasteiger partial charge on any atom is 0.227 e. The molecule has 2 aromatic carbocycles. The molecule has 3 aromatic rings. The van der Waals surface area contributed by atoms with Gasteiger partial charge in [0.05, 0.1) is 31.7 Å². The summed E-state index contributed by atoms with van der Waals surface area (Å²) in [7, 11) is 3.21. The molecule has 2 fully saturated rings. The zero-order valence-corrected chi connectivity index (χ0v) is 19.4. The van der Waals surface area contributed by atoms with Crippen LogP contribution in [0.4, 0.5) is 11.8 Å². The van der Waals surface area contributed by atoms with Crippen molar-refractivity contribution in [2.45, 2.75) is 12.5 Å². The van der Waals surface area contributed by atoms with Gasteiger partial charge in [0.25, 0.3) is 0 Å². The smallest absolute Gasteiger partial charge is 0.227 e. The standard InChI is InChI=1S/C25H29N5O4/c1-32-18-12-17-21(20(23(18)33-2)15-6-4-3-5-7-15)24(26)29-25(28-17)30-10-8-16(14-30)22(31)19-13-27-9-11-34-19/h3-7,12,16,19,27H,8-11,13-14H2,1-2H3,(H2,26,28,29). The Kier molecular flexibility index (Phi) is 6.21. The third kappa shape index (κ3) is 4.01. The summed E-state index contributed by atoms with van der Waals surface area (Å²) in [6.07, 6.45) is 0.354. The molecule has 2 atom stereocenters. The second kappa shape index (κ2) is 9.44. The number of nitrogen functional groups attached to an aromatic ring is 1. The minimum atomic E-state index is -0.383. The van der Waals surface area contributed by atoms with E-state index >= 15 is 0 Å². The van der Waals surface area contributed by atoms with E-state index in [-0.39, 0.29) is 17.8 Å². The molecule has 2 aliphatic rings. The van der Waals surface area contributed by atoms with Crippen molar-refractivity contribution in [2.75, 3.05) is 57.6 Å². The molecule has 2 unspecified atom stereocenters. The van der Waals surface area contributed by atoms with Gasteiger partial charge in [0.1, 0.15) is 11.9 Å². The van der Waals surface area contributed by atoms with Crippen molar-refractivity contribution in [2.24, 2.45) is 5.92 Å². The van der Waals surface area contributed by atoms with Crippen LogP contribution in [0, 0.1) is 5.92 Å². The molecule has 2 saturated heterocycles. The molecule has 2 aliphatic heterocycles. The van der Waals surface area contributed by atoms with Crippen LogP contribution in [0.5, 0.6) is 11.5 Å². The number of nitrogens with zero attached hydrogens (tertiary/aromatic N) is 3. The number of nitrogens with one attached hydrogen (secondary N) is 1. The van der Waals surface area contributed by atoms with E-state index in [1.165, 1.54) is 0 Å². The first kappa shape index (κ1) is 22.4. The van der Waals surface area contributed by atoms with E-state index in [2.05, 4.69) is 10.3 Å². The van der Waals surface area contributed by atoms with Gasteiger partial charge in [0.15, 0.2) is 17.3 Å². The number of rotatable bonds is 6. The van der Waals surface area contributed by atoms with E-state index in [4.69, 9.17) is 24.9 Å². The maximum absolute atomic E-state index is 12.9. The Morgan fingerprint density at radius 2 is 2.03 bits per heavy atom. The quantitative estimate of drug-likeness (QED) is 0.569. The number of hydrogen-bond donors (Lipinski definition) is 2. The van der Waals surface area contributed by atoms with E-state index in [9.17, 15) is 4.79 Å². The number of aromatic nitrogens is 2. The maximum atomic E-state index is 12.9. The first-order valence-corrected chi connectivity index (χ1v) is 11.5. The van der Waals surface area contributed by atoms with Crippen LogP contribution < -0.4 is 25.4 Å². The topological polar surface area (TPSA) is 112 Å². The fourth-order valence-electron chi connectivity index (χ4n) is 4.83. The van der Waals surface area contributed by atoms with Gasteiger partial charge in [0.2, 0.25) is 5.95 Å². The lowest BCUT2D eigenvalue weighted by Crippen LogP contribution is -2.45. The first-order chi connectivity index (χ1) is 16.6. The molecule has 0 radical (unpaired) electrons. The molecule has 34 heavy (non-hydrogen) atoms. The predicted molar refractivity (Wildman–Crippen MR) is 130 cm³/mol. The minimum Gasteiger partial charge on any atom is -0.493 e. The molecule has 0 saturated carbocycles. The summed E-state index contributed by atoms with van der Waals surface area (Å²) in [5.41, 5.74) is 8.90. The van der Waals surface area contributed by atoms with Crippen LogP contribution in [-0.4, -0.2) is 68.9 Å². The number of hydrogen-bond acceptors (Lipinski definition) is 9. The lowest BCUT2D eigenvalue weighted by atomic mass is 9.98. The number of ether oxygens (including phenoxy) is 3. The van der Waals surface area contributed by atoms with Crippen LogP contribution in [-0.2, 0) is 9.53 Å². The summed E-state index contributed by atoms with van der Waals surface area (Å²) < 4.78 is 17.0. The Hall–Kier alpha value is -3.43. The van der Waals surface area contributed by atoms with Gasteiger partial charge in [-0.25, -0.2) is 4.98 Å². The third-order valence-corrected chi connectivity index (χ3v) is 6.53. The number of ketones is 1. The summed E-state index contributed by atoms with van der Waals surface area (Å²) >= 11 is 0. The highest BCUT2D eigenvalue weighted by Gasteiger charge is 2.35. The van der Waals surface area contributed by atoms with Crippen LogP contribution in [0.1, 0.15) is 6.42 Å². The highest BCUT2D eigenvalue weighted by Crippen LogP contribution is 2.45. The van der Waals surface area contributed by atoms with Crippen LogP contribution in [0.15, 0.2) is 36.4 Å². The predicted octanol–water partition coefficient (Wildman–Crippen LogP) is 2.28. The second-order valence-corrected chi connectivity index (χ2v) is 8.55. The summed E-state index contributed by atoms with van der Waals surface area (Å²) in [6.45, 7) is 3.14. The number of morpholine rings is 1. The zero-order valence-electron chi connectivity index (χ0n) is 19.4. The highest BCUT2D eigenvalue weighted by molar-refractivity contribution is 6.05. The number of benzene rings is 2. The van der Waals surface area contributed by atoms with Gasteiger partial charge in [0, 0.05) is 43.7 Å². The molecule has 9 heteroatoms. The van der Waals surface area contributed by atoms with E-state index in [1.807, 2.05) is 41.3 Å². The first-order valence-electron chi connectivity index (χ1n) is 11.5. The molecular formula is C25H29N5O4. The Bertz CT molecular complexity index is 1200. The molecule has 0 bridgehead atoms. The molecule has 0 spiro atoms. The summed E-state index contributed by atoms with van der Waals surface area (Å²) in [5.74, 6) is 2.03. The summed E-state index contributed by atoms with van der Waals surface area (Å²) in [6, 6.07) is 11.7. The molecule has 5 rings (SSSR count). The fourth-order valence-corrected chi connectivity index (χ4v) is 4.83. The number of carbonyl (C=O) groups excluding carboxylic acids is 1. The molecule has 3 heterocycles. The lowest BCUT2D eigenvalue weighted by Gasteiger charge is -2.25. The van der Waals surface area contributed by atoms with Crippen LogP contribution >= 0.6 is 0 Å². The Morgan fingerprint density at radius 1 is 1.21 bits per heavy atom. The monoisotopic (exact) mass is 463 g/mol. The van der Waals surface area contributed by atoms with Crippen molar-refractivity contribution in [1.82, 2.24) is 15.3 Å². The molecule has 9 nitrogen and oxygen atoms in total. The third-order valence-electron chi connectivity index (χ3n) is 6.53. The lowest BCUT2D eigenvalue weighted by molar-refractivity contribution is -0.135. The van der Waals surface area contributed by atoms with Crippen molar-refractivity contribution >= 4 is 28.5 Å². The van der Waals surface area contributed by atoms with Gasteiger partial charge in [-0.3, -0.25) is 4.79 Å². The largest absolute Gasteiger partial charge is 0.493 e. The normalized spacial score (nSPS) is 20.5. The van der Waals surface area contributed by atoms with Gasteiger partial charge in [-0.15, -0.1) is 0 Å². The average molecular weight is 464 g/mol. The van der Waals surface area contributed by atoms with E-state index in [0.29, 0.717) is 60.4 Å². The van der Waals surface area contributed by atoms with Gasteiger partial charge < -0.3 is 30.2 Å². The summed E-state index contributed by atoms with van der Waals surface area (Å²) in [5, 5.41) is 3.94. The van der Waals surface area contributed by atoms with E-state index in [0.717, 1.165) is 24.1 Å². The molecule has 0 aliphatic carbocycles. The van der Waals surface area contributed by atoms with Crippen LogP contribution in [0.2, 0.25) is 0 Å². The molecule has 1 aromatic heterocycles. The van der Waals surface area contributed by atoms with Gasteiger partial charge >= 0.3 is 0 Å². The van der Waals surface area contributed by atoms with E-state index in [1.54, 1.807) is 14.2 Å². The number of Topliss-reactive ketones (excluding diaryl/α,β-unsaturated/α-hetero) is 1. The number of anilines is 2. The number of carbonyl (C=O) groups is 1. The second-order valence-electron chi connectivity index (χ2n) is 8.55. The van der Waals surface area contributed by atoms with Crippen LogP contribution in [0.25, 0.3) is 22.0 Å². The van der Waals surface area contributed by atoms with Crippen LogP contribution in [0.3, 0.4) is 0 Å². The molecule has 178 valence electrons. The molecule has 3 N–H and O–H groups in total. The number of methoxy groups -OCH3 is 2. The van der Waals surface area contributed by atoms with Crippen molar-refractivity contribution in [1.29, 1.82) is 0 Å². The average Bonchev–Trinajstić information content (AvgIpc) is 3.38. The fraction of sp³-hybridized carbons (Fsp3) is 0.400. The van der Waals surface area contributed by atoms with Gasteiger partial charge in [-0.2, -0.15) is 4.98 Å². The molecule has 0 amide bonds.